The summed E-state index contributed by atoms with van der Waals surface area (Å²) in [4.78, 5) is 15.9. The van der Waals surface area contributed by atoms with Gasteiger partial charge in [-0.05, 0) is 26.0 Å². The SMILES string of the molecule is CC=CC=CC(=O)NCCc1coc(-c2ccc(C)cc2)n1. The average molecular weight is 296 g/mol. The number of aromatic nitrogens is 1. The Morgan fingerprint density at radius 2 is 2.05 bits per heavy atom. The highest BCUT2D eigenvalue weighted by Gasteiger charge is 2.06. The zero-order valence-corrected chi connectivity index (χ0v) is 12.9. The van der Waals surface area contributed by atoms with E-state index in [1.807, 2.05) is 50.3 Å². The summed E-state index contributed by atoms with van der Waals surface area (Å²) < 4.78 is 5.48. The number of hydrogen-bond acceptors (Lipinski definition) is 3. The van der Waals surface area contributed by atoms with Crippen LogP contribution in [0.1, 0.15) is 18.2 Å². The lowest BCUT2D eigenvalue weighted by Crippen LogP contribution is -2.23. The van der Waals surface area contributed by atoms with E-state index in [0.717, 1.165) is 11.3 Å². The lowest BCUT2D eigenvalue weighted by molar-refractivity contribution is -0.116. The molecule has 4 nitrogen and oxygen atoms in total. The molecular weight excluding hydrogens is 276 g/mol. The Balaban J connectivity index is 1.85. The van der Waals surface area contributed by atoms with Crippen molar-refractivity contribution >= 4 is 5.91 Å². The van der Waals surface area contributed by atoms with Gasteiger partial charge in [-0.2, -0.15) is 0 Å². The molecule has 0 bridgehead atoms. The number of rotatable bonds is 6. The zero-order valence-electron chi connectivity index (χ0n) is 12.9. The highest BCUT2D eigenvalue weighted by atomic mass is 16.3. The number of nitrogens with zero attached hydrogens (tertiary/aromatic N) is 1. The smallest absolute Gasteiger partial charge is 0.243 e. The summed E-state index contributed by atoms with van der Waals surface area (Å²) in [6.07, 6.45) is 9.16. The molecule has 22 heavy (non-hydrogen) atoms. The molecule has 0 atom stereocenters. The van der Waals surface area contributed by atoms with Crippen LogP contribution in [-0.2, 0) is 11.2 Å². The van der Waals surface area contributed by atoms with Gasteiger partial charge in [-0.25, -0.2) is 4.98 Å². The molecule has 0 saturated heterocycles. The molecular formula is C18H20N2O2. The van der Waals surface area contributed by atoms with Crippen molar-refractivity contribution < 1.29 is 9.21 Å². The fourth-order valence-electron chi connectivity index (χ4n) is 1.88. The Morgan fingerprint density at radius 3 is 2.77 bits per heavy atom. The van der Waals surface area contributed by atoms with Crippen molar-refractivity contribution in [1.82, 2.24) is 10.3 Å². The zero-order chi connectivity index (χ0) is 15.8. The van der Waals surface area contributed by atoms with Gasteiger partial charge in [0.15, 0.2) is 0 Å². The Morgan fingerprint density at radius 1 is 1.27 bits per heavy atom. The van der Waals surface area contributed by atoms with Crippen LogP contribution < -0.4 is 5.32 Å². The van der Waals surface area contributed by atoms with Crippen molar-refractivity contribution in [2.75, 3.05) is 6.54 Å². The van der Waals surface area contributed by atoms with Crippen LogP contribution in [0, 0.1) is 6.92 Å². The van der Waals surface area contributed by atoms with E-state index in [1.165, 1.54) is 11.6 Å². The van der Waals surface area contributed by atoms with Crippen molar-refractivity contribution in [2.24, 2.45) is 0 Å². The van der Waals surface area contributed by atoms with Crippen LogP contribution in [0.5, 0.6) is 0 Å². The maximum Gasteiger partial charge on any atom is 0.243 e. The van der Waals surface area contributed by atoms with Crippen LogP contribution in [0.2, 0.25) is 0 Å². The minimum atomic E-state index is -0.111. The molecule has 1 heterocycles. The van der Waals surface area contributed by atoms with Crippen molar-refractivity contribution in [3.8, 4) is 11.5 Å². The van der Waals surface area contributed by atoms with Gasteiger partial charge in [0, 0.05) is 24.6 Å². The second-order valence-corrected chi connectivity index (χ2v) is 4.94. The minimum absolute atomic E-state index is 0.111. The summed E-state index contributed by atoms with van der Waals surface area (Å²) in [5.74, 6) is 0.495. The molecule has 0 aliphatic rings. The van der Waals surface area contributed by atoms with Gasteiger partial charge in [-0.15, -0.1) is 0 Å². The normalized spacial score (nSPS) is 11.4. The number of amides is 1. The number of nitrogens with one attached hydrogen (secondary N) is 1. The van der Waals surface area contributed by atoms with Crippen LogP contribution in [0.15, 0.2) is 59.2 Å². The molecule has 1 aromatic carbocycles. The van der Waals surface area contributed by atoms with Gasteiger partial charge in [0.05, 0.1) is 5.69 Å². The number of oxazole rings is 1. The first-order chi connectivity index (χ1) is 10.7. The largest absolute Gasteiger partial charge is 0.444 e. The molecule has 0 saturated carbocycles. The van der Waals surface area contributed by atoms with Crippen molar-refractivity contribution in [3.05, 3.63) is 66.1 Å². The monoisotopic (exact) mass is 296 g/mol. The topological polar surface area (TPSA) is 55.1 Å². The summed E-state index contributed by atoms with van der Waals surface area (Å²) in [6, 6.07) is 8.02. The highest BCUT2D eigenvalue weighted by molar-refractivity contribution is 5.87. The summed E-state index contributed by atoms with van der Waals surface area (Å²) in [5.41, 5.74) is 2.98. The Hall–Kier alpha value is -2.62. The number of hydrogen-bond donors (Lipinski definition) is 1. The van der Waals surface area contributed by atoms with Gasteiger partial charge in [0.2, 0.25) is 11.8 Å². The van der Waals surface area contributed by atoms with E-state index in [2.05, 4.69) is 10.3 Å². The molecule has 0 spiro atoms. The summed E-state index contributed by atoms with van der Waals surface area (Å²) in [5, 5.41) is 2.81. The fourth-order valence-corrected chi connectivity index (χ4v) is 1.88. The first-order valence-electron chi connectivity index (χ1n) is 7.27. The molecule has 1 amide bonds. The van der Waals surface area contributed by atoms with E-state index in [4.69, 9.17) is 4.42 Å². The van der Waals surface area contributed by atoms with Crippen molar-refractivity contribution in [3.63, 3.8) is 0 Å². The quantitative estimate of drug-likeness (QED) is 0.656. The van der Waals surface area contributed by atoms with Gasteiger partial charge in [0.1, 0.15) is 6.26 Å². The first-order valence-corrected chi connectivity index (χ1v) is 7.27. The van der Waals surface area contributed by atoms with Crippen LogP contribution in [0.3, 0.4) is 0 Å². The van der Waals surface area contributed by atoms with Crippen LogP contribution in [0.25, 0.3) is 11.5 Å². The second-order valence-electron chi connectivity index (χ2n) is 4.94. The molecule has 0 aliphatic carbocycles. The van der Waals surface area contributed by atoms with Gasteiger partial charge >= 0.3 is 0 Å². The average Bonchev–Trinajstić information content (AvgIpc) is 2.97. The molecule has 4 heteroatoms. The number of allylic oxidation sites excluding steroid dienone is 3. The van der Waals surface area contributed by atoms with Gasteiger partial charge in [-0.3, -0.25) is 4.79 Å². The molecule has 2 aromatic rings. The highest BCUT2D eigenvalue weighted by Crippen LogP contribution is 2.19. The maximum atomic E-state index is 11.5. The molecule has 114 valence electrons. The number of benzene rings is 1. The predicted molar refractivity (Wildman–Crippen MR) is 87.3 cm³/mol. The third-order valence-electron chi connectivity index (χ3n) is 3.08. The van der Waals surface area contributed by atoms with E-state index >= 15 is 0 Å². The number of carbonyl (C=O) groups excluding carboxylic acids is 1. The van der Waals surface area contributed by atoms with Gasteiger partial charge in [-0.1, -0.05) is 35.9 Å². The van der Waals surface area contributed by atoms with Crippen molar-refractivity contribution in [1.29, 1.82) is 0 Å². The van der Waals surface area contributed by atoms with E-state index in [1.54, 1.807) is 12.3 Å². The van der Waals surface area contributed by atoms with Gasteiger partial charge in [0.25, 0.3) is 0 Å². The van der Waals surface area contributed by atoms with Gasteiger partial charge < -0.3 is 9.73 Å². The molecule has 0 radical (unpaired) electrons. The number of aryl methyl sites for hydroxylation is 1. The van der Waals surface area contributed by atoms with E-state index < -0.39 is 0 Å². The summed E-state index contributed by atoms with van der Waals surface area (Å²) in [7, 11) is 0. The van der Waals surface area contributed by atoms with Crippen LogP contribution in [0.4, 0.5) is 0 Å². The van der Waals surface area contributed by atoms with E-state index in [9.17, 15) is 4.79 Å². The van der Waals surface area contributed by atoms with E-state index in [-0.39, 0.29) is 5.91 Å². The molecule has 0 fully saturated rings. The molecule has 2 rings (SSSR count). The summed E-state index contributed by atoms with van der Waals surface area (Å²) in [6.45, 7) is 4.47. The molecule has 1 N–H and O–H groups in total. The lowest BCUT2D eigenvalue weighted by Gasteiger charge is -1.99. The number of carbonyl (C=O) groups is 1. The Kier molecular flexibility index (Phi) is 5.72. The standard InChI is InChI=1S/C18H20N2O2/c1-3-4-5-6-17(21)19-12-11-16-13-22-18(20-16)15-9-7-14(2)8-10-15/h3-10,13H,11-12H2,1-2H3,(H,19,21). The third-order valence-corrected chi connectivity index (χ3v) is 3.08. The first kappa shape index (κ1) is 15.8. The van der Waals surface area contributed by atoms with E-state index in [0.29, 0.717) is 18.9 Å². The fraction of sp³-hybridized carbons (Fsp3) is 0.222. The summed E-state index contributed by atoms with van der Waals surface area (Å²) >= 11 is 0. The van der Waals surface area contributed by atoms with Crippen LogP contribution >= 0.6 is 0 Å². The second kappa shape index (κ2) is 7.98. The van der Waals surface area contributed by atoms with Crippen LogP contribution in [-0.4, -0.2) is 17.4 Å². The Labute approximate surface area is 130 Å². The predicted octanol–water partition coefficient (Wildman–Crippen LogP) is 3.44. The van der Waals surface area contributed by atoms with Crippen molar-refractivity contribution in [2.45, 2.75) is 20.3 Å². The lowest BCUT2D eigenvalue weighted by atomic mass is 10.1. The molecule has 1 aromatic heterocycles. The molecule has 0 unspecified atom stereocenters. The third kappa shape index (κ3) is 4.74. The molecule has 0 aliphatic heterocycles. The Bertz CT molecular complexity index is 667. The minimum Gasteiger partial charge on any atom is -0.444 e. The maximum absolute atomic E-state index is 11.5.